The molecule has 1 rings (SSSR count). The minimum atomic E-state index is 0.0385. The summed E-state index contributed by atoms with van der Waals surface area (Å²) in [7, 11) is 5.65. The quantitative estimate of drug-likeness (QED) is 0.714. The van der Waals surface area contributed by atoms with Crippen molar-refractivity contribution in [3.05, 3.63) is 0 Å². The Bertz CT molecular complexity index is 233. The van der Waals surface area contributed by atoms with Gasteiger partial charge in [-0.25, -0.2) is 0 Å². The number of carbonyl (C=O) groups excluding carboxylic acids is 1. The molecule has 1 aliphatic rings. The van der Waals surface area contributed by atoms with Crippen molar-refractivity contribution in [2.45, 2.75) is 19.8 Å². The Kier molecular flexibility index (Phi) is 4.74. The third-order valence-electron chi connectivity index (χ3n) is 3.37. The molecule has 0 N–H and O–H groups in total. The van der Waals surface area contributed by atoms with Gasteiger partial charge in [0.05, 0.1) is 6.61 Å². The Labute approximate surface area is 98.5 Å². The molecule has 0 atom stereocenters. The number of carbonyl (C=O) groups is 1. The Hall–Kier alpha value is -0.610. The minimum Gasteiger partial charge on any atom is -0.371 e. The summed E-state index contributed by atoms with van der Waals surface area (Å²) in [6.07, 6.45) is 2.30. The van der Waals surface area contributed by atoms with Gasteiger partial charge in [-0.1, -0.05) is 6.92 Å². The zero-order valence-corrected chi connectivity index (χ0v) is 11.0. The molecule has 0 aromatic heterocycles. The van der Waals surface area contributed by atoms with Crippen LogP contribution in [0.25, 0.3) is 0 Å². The van der Waals surface area contributed by atoms with E-state index in [1.807, 2.05) is 0 Å². The van der Waals surface area contributed by atoms with Gasteiger partial charge >= 0.3 is 0 Å². The van der Waals surface area contributed by atoms with Crippen LogP contribution < -0.4 is 0 Å². The van der Waals surface area contributed by atoms with Crippen molar-refractivity contribution in [3.63, 3.8) is 0 Å². The molecular formula is C12H24N2O2. The number of rotatable bonds is 4. The summed E-state index contributed by atoms with van der Waals surface area (Å²) in [5, 5.41) is 0. The summed E-state index contributed by atoms with van der Waals surface area (Å²) >= 11 is 0. The number of piperidine rings is 1. The second-order valence-electron chi connectivity index (χ2n) is 5.39. The van der Waals surface area contributed by atoms with Gasteiger partial charge in [0.15, 0.2) is 0 Å². The molecular weight excluding hydrogens is 204 g/mol. The van der Waals surface area contributed by atoms with Gasteiger partial charge < -0.3 is 14.5 Å². The van der Waals surface area contributed by atoms with Crippen LogP contribution in [0.5, 0.6) is 0 Å². The highest BCUT2D eigenvalue weighted by Gasteiger charge is 2.29. The predicted octanol–water partition coefficient (Wildman–Crippen LogP) is 0.823. The lowest BCUT2D eigenvalue weighted by atomic mass is 9.81. The average Bonchev–Trinajstić information content (AvgIpc) is 2.23. The first-order valence-electron chi connectivity index (χ1n) is 5.89. The maximum absolute atomic E-state index is 11.3. The van der Waals surface area contributed by atoms with E-state index in [-0.39, 0.29) is 17.9 Å². The lowest BCUT2D eigenvalue weighted by Gasteiger charge is -2.37. The smallest absolute Gasteiger partial charge is 0.248 e. The first-order chi connectivity index (χ1) is 7.43. The van der Waals surface area contributed by atoms with E-state index in [1.54, 1.807) is 19.0 Å². The lowest BCUT2D eigenvalue weighted by Crippen LogP contribution is -2.39. The SMILES string of the molecule is CN1CCC(C)(COCC(=O)N(C)C)CC1. The highest BCUT2D eigenvalue weighted by molar-refractivity contribution is 5.76. The van der Waals surface area contributed by atoms with E-state index in [2.05, 4.69) is 18.9 Å². The summed E-state index contributed by atoms with van der Waals surface area (Å²) in [5.74, 6) is 0.0385. The lowest BCUT2D eigenvalue weighted by molar-refractivity contribution is -0.135. The number of likely N-dealkylation sites (tertiary alicyclic amines) is 1. The third kappa shape index (κ3) is 4.10. The van der Waals surface area contributed by atoms with E-state index < -0.39 is 0 Å². The van der Waals surface area contributed by atoms with Gasteiger partial charge in [0.25, 0.3) is 0 Å². The highest BCUT2D eigenvalue weighted by Crippen LogP contribution is 2.30. The van der Waals surface area contributed by atoms with Gasteiger partial charge in [0.2, 0.25) is 5.91 Å². The third-order valence-corrected chi connectivity index (χ3v) is 3.37. The zero-order valence-electron chi connectivity index (χ0n) is 11.0. The molecule has 0 aliphatic carbocycles. The Morgan fingerprint density at radius 2 is 1.94 bits per heavy atom. The minimum absolute atomic E-state index is 0.0385. The van der Waals surface area contributed by atoms with E-state index in [1.165, 1.54) is 0 Å². The van der Waals surface area contributed by atoms with E-state index in [0.717, 1.165) is 25.9 Å². The number of likely N-dealkylation sites (N-methyl/N-ethyl adjacent to an activating group) is 1. The molecule has 0 bridgehead atoms. The van der Waals surface area contributed by atoms with E-state index in [0.29, 0.717) is 6.61 Å². The molecule has 4 nitrogen and oxygen atoms in total. The molecule has 4 heteroatoms. The fourth-order valence-corrected chi connectivity index (χ4v) is 1.82. The van der Waals surface area contributed by atoms with Crippen molar-refractivity contribution >= 4 is 5.91 Å². The first-order valence-corrected chi connectivity index (χ1v) is 5.89. The van der Waals surface area contributed by atoms with Crippen LogP contribution in [-0.4, -0.2) is 63.2 Å². The van der Waals surface area contributed by atoms with Crippen LogP contribution in [0, 0.1) is 5.41 Å². The number of amides is 1. The Morgan fingerprint density at radius 1 is 1.38 bits per heavy atom. The van der Waals surface area contributed by atoms with Crippen molar-refractivity contribution in [3.8, 4) is 0 Å². The largest absolute Gasteiger partial charge is 0.371 e. The summed E-state index contributed by atoms with van der Waals surface area (Å²) in [4.78, 5) is 15.2. The topological polar surface area (TPSA) is 32.8 Å². The number of hydrogen-bond donors (Lipinski definition) is 0. The summed E-state index contributed by atoms with van der Waals surface area (Å²) in [6, 6.07) is 0. The van der Waals surface area contributed by atoms with Crippen LogP contribution >= 0.6 is 0 Å². The van der Waals surface area contributed by atoms with Crippen molar-refractivity contribution in [2.75, 3.05) is 47.4 Å². The summed E-state index contributed by atoms with van der Waals surface area (Å²) < 4.78 is 5.52. The second kappa shape index (κ2) is 5.64. The van der Waals surface area contributed by atoms with Crippen LogP contribution in [0.2, 0.25) is 0 Å². The summed E-state index contributed by atoms with van der Waals surface area (Å²) in [6.45, 7) is 5.40. The van der Waals surface area contributed by atoms with Crippen molar-refractivity contribution < 1.29 is 9.53 Å². The molecule has 0 saturated carbocycles. The molecule has 1 heterocycles. The van der Waals surface area contributed by atoms with Crippen LogP contribution in [0.3, 0.4) is 0 Å². The molecule has 94 valence electrons. The van der Waals surface area contributed by atoms with Crippen molar-refractivity contribution in [1.82, 2.24) is 9.80 Å². The normalized spacial score (nSPS) is 20.8. The molecule has 0 aromatic carbocycles. The maximum atomic E-state index is 11.3. The average molecular weight is 228 g/mol. The van der Waals surface area contributed by atoms with Crippen LogP contribution in [-0.2, 0) is 9.53 Å². The first kappa shape index (κ1) is 13.5. The Morgan fingerprint density at radius 3 is 2.44 bits per heavy atom. The molecule has 0 unspecified atom stereocenters. The zero-order chi connectivity index (χ0) is 12.2. The van der Waals surface area contributed by atoms with E-state index >= 15 is 0 Å². The van der Waals surface area contributed by atoms with Gasteiger partial charge in [0, 0.05) is 14.1 Å². The molecule has 1 saturated heterocycles. The van der Waals surface area contributed by atoms with Crippen molar-refractivity contribution in [1.29, 1.82) is 0 Å². The molecule has 1 amide bonds. The van der Waals surface area contributed by atoms with E-state index in [9.17, 15) is 4.79 Å². The maximum Gasteiger partial charge on any atom is 0.248 e. The van der Waals surface area contributed by atoms with Crippen molar-refractivity contribution in [2.24, 2.45) is 5.41 Å². The number of nitrogens with zero attached hydrogens (tertiary/aromatic N) is 2. The van der Waals surface area contributed by atoms with Gasteiger partial charge in [-0.2, -0.15) is 0 Å². The fraction of sp³-hybridized carbons (Fsp3) is 0.917. The van der Waals surface area contributed by atoms with Crippen LogP contribution in [0.4, 0.5) is 0 Å². The number of ether oxygens (including phenoxy) is 1. The van der Waals surface area contributed by atoms with E-state index in [4.69, 9.17) is 4.74 Å². The van der Waals surface area contributed by atoms with Crippen LogP contribution in [0.15, 0.2) is 0 Å². The standard InChI is InChI=1S/C12H24N2O2/c1-12(5-7-14(4)8-6-12)10-16-9-11(15)13(2)3/h5-10H2,1-4H3. The molecule has 1 fully saturated rings. The van der Waals surface area contributed by atoms with Gasteiger partial charge in [-0.3, -0.25) is 4.79 Å². The monoisotopic (exact) mass is 228 g/mol. The Balaban J connectivity index is 2.24. The predicted molar refractivity (Wildman–Crippen MR) is 64.4 cm³/mol. The van der Waals surface area contributed by atoms with Gasteiger partial charge in [0.1, 0.15) is 6.61 Å². The molecule has 16 heavy (non-hydrogen) atoms. The number of hydrogen-bond acceptors (Lipinski definition) is 3. The molecule has 0 aromatic rings. The molecule has 1 aliphatic heterocycles. The summed E-state index contributed by atoms with van der Waals surface area (Å²) in [5.41, 5.74) is 0.249. The van der Waals surface area contributed by atoms with Crippen LogP contribution in [0.1, 0.15) is 19.8 Å². The van der Waals surface area contributed by atoms with Gasteiger partial charge in [-0.05, 0) is 38.4 Å². The highest BCUT2D eigenvalue weighted by atomic mass is 16.5. The van der Waals surface area contributed by atoms with Gasteiger partial charge in [-0.15, -0.1) is 0 Å². The molecule has 0 spiro atoms. The fourth-order valence-electron chi connectivity index (χ4n) is 1.82. The second-order valence-corrected chi connectivity index (χ2v) is 5.39. The molecule has 0 radical (unpaired) electrons.